The first kappa shape index (κ1) is 10.2. The third-order valence-electron chi connectivity index (χ3n) is 1.76. The summed E-state index contributed by atoms with van der Waals surface area (Å²) in [5, 5.41) is 0. The zero-order valence-corrected chi connectivity index (χ0v) is 8.89. The molecule has 1 aromatic carbocycles. The van der Waals surface area contributed by atoms with Gasteiger partial charge in [0.15, 0.2) is 0 Å². The minimum absolute atomic E-state index is 0.146. The van der Waals surface area contributed by atoms with Crippen LogP contribution in [0.4, 0.5) is 0 Å². The van der Waals surface area contributed by atoms with Gasteiger partial charge < -0.3 is 0 Å². The van der Waals surface area contributed by atoms with Crippen LogP contribution in [-0.4, -0.2) is 5.91 Å². The monoisotopic (exact) mass is 242 g/mol. The van der Waals surface area contributed by atoms with E-state index in [1.54, 1.807) is 6.07 Å². The molecular formula is C9H11BrN2O. The SMILES string of the molecule is CCc1cccc(C(=O)NNBr)c1. The average Bonchev–Trinajstić information content (AvgIpc) is 2.18. The number of amides is 1. The zero-order valence-electron chi connectivity index (χ0n) is 7.30. The van der Waals surface area contributed by atoms with Crippen LogP contribution in [-0.2, 0) is 6.42 Å². The molecule has 4 heteroatoms. The van der Waals surface area contributed by atoms with Gasteiger partial charge in [-0.3, -0.25) is 10.2 Å². The number of nitrogens with one attached hydrogen (secondary N) is 2. The number of rotatable bonds is 3. The second-order valence-corrected chi connectivity index (χ2v) is 3.00. The van der Waals surface area contributed by atoms with Crippen molar-refractivity contribution in [3.8, 4) is 0 Å². The highest BCUT2D eigenvalue weighted by Crippen LogP contribution is 2.05. The Morgan fingerprint density at radius 3 is 2.92 bits per heavy atom. The topological polar surface area (TPSA) is 41.1 Å². The number of carbonyl (C=O) groups excluding carboxylic acids is 1. The first-order chi connectivity index (χ1) is 6.27. The van der Waals surface area contributed by atoms with Crippen LogP contribution in [0.2, 0.25) is 0 Å². The van der Waals surface area contributed by atoms with Crippen molar-refractivity contribution >= 4 is 22.1 Å². The van der Waals surface area contributed by atoms with Gasteiger partial charge in [-0.2, -0.15) is 4.45 Å². The Morgan fingerprint density at radius 1 is 1.54 bits per heavy atom. The predicted molar refractivity (Wildman–Crippen MR) is 55.3 cm³/mol. The highest BCUT2D eigenvalue weighted by Gasteiger charge is 2.03. The van der Waals surface area contributed by atoms with Crippen molar-refractivity contribution in [1.29, 1.82) is 0 Å². The van der Waals surface area contributed by atoms with Crippen LogP contribution in [0.5, 0.6) is 0 Å². The van der Waals surface area contributed by atoms with E-state index in [0.717, 1.165) is 12.0 Å². The van der Waals surface area contributed by atoms with Crippen molar-refractivity contribution in [2.75, 3.05) is 0 Å². The van der Waals surface area contributed by atoms with Crippen LogP contribution in [0.25, 0.3) is 0 Å². The minimum Gasteiger partial charge on any atom is -0.277 e. The normalized spacial score (nSPS) is 9.69. The molecule has 0 bridgehead atoms. The van der Waals surface area contributed by atoms with E-state index in [1.807, 2.05) is 18.2 Å². The Morgan fingerprint density at radius 2 is 2.31 bits per heavy atom. The highest BCUT2D eigenvalue weighted by atomic mass is 79.9. The Kier molecular flexibility index (Phi) is 3.92. The van der Waals surface area contributed by atoms with Gasteiger partial charge in [-0.05, 0) is 24.1 Å². The molecular weight excluding hydrogens is 232 g/mol. The standard InChI is InChI=1S/C9H11BrN2O/c1-2-7-4-3-5-8(6-7)9(13)11-12-10/h3-6,12H,2H2,1H3,(H,11,13). The summed E-state index contributed by atoms with van der Waals surface area (Å²) in [5.41, 5.74) is 4.25. The first-order valence-corrected chi connectivity index (χ1v) is 4.82. The predicted octanol–water partition coefficient (Wildman–Crippen LogP) is 1.79. The van der Waals surface area contributed by atoms with E-state index in [9.17, 15) is 4.79 Å². The van der Waals surface area contributed by atoms with Gasteiger partial charge in [0, 0.05) is 21.7 Å². The van der Waals surface area contributed by atoms with Gasteiger partial charge in [-0.1, -0.05) is 19.1 Å². The molecule has 0 saturated heterocycles. The number of benzene rings is 1. The molecule has 0 spiro atoms. The van der Waals surface area contributed by atoms with Crippen LogP contribution < -0.4 is 9.88 Å². The van der Waals surface area contributed by atoms with E-state index in [-0.39, 0.29) is 5.91 Å². The summed E-state index contributed by atoms with van der Waals surface area (Å²) in [6.07, 6.45) is 0.933. The van der Waals surface area contributed by atoms with Crippen LogP contribution in [0.3, 0.4) is 0 Å². The average molecular weight is 243 g/mol. The van der Waals surface area contributed by atoms with Crippen LogP contribution in [0.15, 0.2) is 24.3 Å². The van der Waals surface area contributed by atoms with E-state index in [0.29, 0.717) is 5.56 Å². The summed E-state index contributed by atoms with van der Waals surface area (Å²) in [5.74, 6) is -0.146. The number of halogens is 1. The summed E-state index contributed by atoms with van der Waals surface area (Å²) in [6, 6.07) is 7.53. The fourth-order valence-corrected chi connectivity index (χ4v) is 1.23. The van der Waals surface area contributed by atoms with Crippen LogP contribution in [0.1, 0.15) is 22.8 Å². The van der Waals surface area contributed by atoms with Gasteiger partial charge in [-0.15, -0.1) is 0 Å². The van der Waals surface area contributed by atoms with Crippen molar-refractivity contribution in [2.24, 2.45) is 0 Å². The van der Waals surface area contributed by atoms with Crippen LogP contribution >= 0.6 is 16.1 Å². The molecule has 0 radical (unpaired) electrons. The number of hydrazine groups is 1. The largest absolute Gasteiger partial charge is 0.277 e. The van der Waals surface area contributed by atoms with E-state index < -0.39 is 0 Å². The smallest absolute Gasteiger partial charge is 0.266 e. The van der Waals surface area contributed by atoms with Gasteiger partial charge in [0.2, 0.25) is 0 Å². The molecule has 0 unspecified atom stereocenters. The summed E-state index contributed by atoms with van der Waals surface area (Å²) in [4.78, 5) is 11.3. The summed E-state index contributed by atoms with van der Waals surface area (Å²) < 4.78 is 2.42. The molecule has 70 valence electrons. The maximum absolute atomic E-state index is 11.3. The maximum Gasteiger partial charge on any atom is 0.266 e. The molecule has 1 amide bonds. The molecule has 13 heavy (non-hydrogen) atoms. The lowest BCUT2D eigenvalue weighted by atomic mass is 10.1. The minimum atomic E-state index is -0.146. The second kappa shape index (κ2) is 4.99. The lowest BCUT2D eigenvalue weighted by Gasteiger charge is -2.03. The van der Waals surface area contributed by atoms with E-state index in [2.05, 4.69) is 32.9 Å². The molecule has 0 aliphatic heterocycles. The molecule has 0 aromatic heterocycles. The number of aryl methyl sites for hydroxylation is 1. The molecule has 0 heterocycles. The van der Waals surface area contributed by atoms with Crippen molar-refractivity contribution in [3.05, 3.63) is 35.4 Å². The highest BCUT2D eigenvalue weighted by molar-refractivity contribution is 9.08. The molecule has 0 aliphatic carbocycles. The van der Waals surface area contributed by atoms with Gasteiger partial charge in [0.05, 0.1) is 0 Å². The molecule has 0 fully saturated rings. The number of hydrogen-bond donors (Lipinski definition) is 2. The van der Waals surface area contributed by atoms with E-state index >= 15 is 0 Å². The molecule has 2 N–H and O–H groups in total. The summed E-state index contributed by atoms with van der Waals surface area (Å²) in [7, 11) is 0. The lowest BCUT2D eigenvalue weighted by molar-refractivity contribution is 0.0948. The number of hydrogen-bond acceptors (Lipinski definition) is 2. The second-order valence-electron chi connectivity index (χ2n) is 2.60. The molecule has 0 aliphatic rings. The van der Waals surface area contributed by atoms with Crippen molar-refractivity contribution in [1.82, 2.24) is 9.88 Å². The van der Waals surface area contributed by atoms with Gasteiger partial charge in [-0.25, -0.2) is 0 Å². The summed E-state index contributed by atoms with van der Waals surface area (Å²) in [6.45, 7) is 2.06. The fraction of sp³-hybridized carbons (Fsp3) is 0.222. The van der Waals surface area contributed by atoms with Crippen molar-refractivity contribution in [2.45, 2.75) is 13.3 Å². The third-order valence-corrected chi connectivity index (χ3v) is 1.96. The Balaban J connectivity index is 2.82. The van der Waals surface area contributed by atoms with Crippen LogP contribution in [0, 0.1) is 0 Å². The van der Waals surface area contributed by atoms with Gasteiger partial charge in [0.25, 0.3) is 5.91 Å². The summed E-state index contributed by atoms with van der Waals surface area (Å²) >= 11 is 2.90. The third kappa shape index (κ3) is 2.82. The molecule has 3 nitrogen and oxygen atoms in total. The van der Waals surface area contributed by atoms with Crippen molar-refractivity contribution in [3.63, 3.8) is 0 Å². The Bertz CT molecular complexity index is 301. The first-order valence-electron chi connectivity index (χ1n) is 4.03. The molecule has 0 atom stereocenters. The van der Waals surface area contributed by atoms with Crippen molar-refractivity contribution < 1.29 is 4.79 Å². The molecule has 1 rings (SSSR count). The van der Waals surface area contributed by atoms with Gasteiger partial charge >= 0.3 is 0 Å². The molecule has 1 aromatic rings. The quantitative estimate of drug-likeness (QED) is 0.627. The lowest BCUT2D eigenvalue weighted by Crippen LogP contribution is -2.30. The maximum atomic E-state index is 11.3. The Labute approximate surface area is 85.8 Å². The number of carbonyl (C=O) groups is 1. The van der Waals surface area contributed by atoms with E-state index in [4.69, 9.17) is 0 Å². The fourth-order valence-electron chi connectivity index (χ4n) is 1.05. The molecule has 0 saturated carbocycles. The van der Waals surface area contributed by atoms with Gasteiger partial charge in [0.1, 0.15) is 0 Å². The van der Waals surface area contributed by atoms with E-state index in [1.165, 1.54) is 0 Å². The zero-order chi connectivity index (χ0) is 9.68. The Hall–Kier alpha value is -0.870.